The Morgan fingerprint density at radius 1 is 0.403 bits per heavy atom. The Hall–Kier alpha value is -10.2. The van der Waals surface area contributed by atoms with E-state index >= 15 is 4.79 Å². The molecule has 6 aliphatic carbocycles. The number of esters is 6. The van der Waals surface area contributed by atoms with Gasteiger partial charge in [-0.05, 0) is 144 Å². The number of carbonyl (C=O) groups is 8. The number of halogens is 1. The molecule has 0 amide bonds. The highest BCUT2D eigenvalue weighted by Crippen LogP contribution is 2.67. The van der Waals surface area contributed by atoms with Crippen LogP contribution in [0.3, 0.4) is 0 Å². The van der Waals surface area contributed by atoms with Crippen LogP contribution in [0.1, 0.15) is 163 Å². The predicted molar refractivity (Wildman–Crippen MR) is 487 cm³/mol. The predicted octanol–water partition coefficient (Wildman–Crippen LogP) is 14.1. The Morgan fingerprint density at radius 3 is 0.984 bits per heavy atom. The highest BCUT2D eigenvalue weighted by Gasteiger charge is 2.81. The number of aliphatic hydroxyl groups is 5. The van der Waals surface area contributed by atoms with Gasteiger partial charge in [-0.15, -0.1) is 0 Å². The maximum atomic E-state index is 16.5. The fourth-order valence-corrected chi connectivity index (χ4v) is 31.7. The average molecular weight is 1810 g/mol. The maximum Gasteiger partial charge on any atom is 0.338 e. The molecule has 6 fully saturated rings. The molecular formula is C104H117ClO22Si2. The van der Waals surface area contributed by atoms with Crippen molar-refractivity contribution in [1.82, 2.24) is 0 Å². The van der Waals surface area contributed by atoms with E-state index in [2.05, 4.69) is 127 Å². The zero-order chi connectivity index (χ0) is 92.6. The first-order valence-electron chi connectivity index (χ1n) is 44.3. The van der Waals surface area contributed by atoms with Crippen LogP contribution in [0.4, 0.5) is 0 Å². The molecule has 8 aromatic rings. The molecule has 2 unspecified atom stereocenters. The highest BCUT2D eigenvalue weighted by atomic mass is 35.6. The third-order valence-corrected chi connectivity index (χ3v) is 37.2. The normalized spacial score (nSPS) is 30.4. The van der Waals surface area contributed by atoms with E-state index in [1.807, 2.05) is 54.6 Å². The molecule has 18 atom stereocenters. The van der Waals surface area contributed by atoms with Gasteiger partial charge in [0.05, 0.1) is 71.4 Å². The van der Waals surface area contributed by atoms with Gasteiger partial charge >= 0.3 is 35.8 Å². The minimum atomic E-state index is -3.28. The maximum absolute atomic E-state index is 16.5. The van der Waals surface area contributed by atoms with E-state index in [9.17, 15) is 59.1 Å². The Bertz CT molecular complexity index is 5280. The van der Waals surface area contributed by atoms with Crippen molar-refractivity contribution in [3.63, 3.8) is 0 Å². The lowest BCUT2D eigenvalue weighted by Crippen LogP contribution is -2.82. The molecule has 5 N–H and O–H groups in total. The standard InChI is InChI=1S/C52H58O11Si.C31H38O11.C21H21ClSi/c1-33-40(55)28-52(58)47(61-48(57)39-25-17-10-18-26-39)45-50(6,46(56)44(60-34(2)53)43(33)49(52,4)5)41(27-42-51(45,32-59-42)62-35(3)54)63-64(29-36-19-11-7-12-20-36,30-37-21-13-8-14-22-37)31-38-23-15-9-16-24-38;1-15-19(34)13-31(38)26(41-27(37)18-10-8-7-9-11-18)24-29(6,20(35)12-21-30(24,14-39-21)42-17(3)33)25(36)23(40-16(2)32)22(15)28(31,4)5;22-23(16-19-10-4-1-5-11-19,17-20-12-6-2-7-13-20)18-21-14-8-3-9-15-21/h7-26,40-42,44-45,47,55,58H,27-32H2,1-6H3;7-11,19-21,23-24,26,34-35,38H,12-14H2,1-6H3;1-15H,16-18H2/t40-,41-,42+,44+,45?,47-,50+,51-,52+;19-,20-,21+,23+,24?,26-,29+,30-,31+;/m00./s1. The van der Waals surface area contributed by atoms with Crippen molar-refractivity contribution < 1.29 is 106 Å². The van der Waals surface area contributed by atoms with Crippen molar-refractivity contribution in [3.8, 4) is 0 Å². The summed E-state index contributed by atoms with van der Waals surface area (Å²) in [5.41, 5.74) is -5.53. The molecule has 16 rings (SSSR count). The van der Waals surface area contributed by atoms with E-state index in [1.165, 1.54) is 56.5 Å². The minimum Gasteiger partial charge on any atom is -0.455 e. The van der Waals surface area contributed by atoms with Crippen LogP contribution in [0.5, 0.6) is 0 Å². The number of aliphatic hydroxyl groups excluding tert-OH is 3. The molecule has 8 aliphatic rings. The van der Waals surface area contributed by atoms with Gasteiger partial charge in [0.2, 0.25) is 8.32 Å². The van der Waals surface area contributed by atoms with Gasteiger partial charge in [0.15, 0.2) is 42.4 Å². The lowest BCUT2D eigenvalue weighted by atomic mass is 9.44. The summed E-state index contributed by atoms with van der Waals surface area (Å²) in [5, 5.41) is 61.4. The molecule has 25 heteroatoms. The van der Waals surface area contributed by atoms with Gasteiger partial charge in [0.25, 0.3) is 0 Å². The lowest BCUT2D eigenvalue weighted by molar-refractivity contribution is -0.345. The number of hydrogen-bond donors (Lipinski definition) is 5. The van der Waals surface area contributed by atoms with Gasteiger partial charge < -0.3 is 67.9 Å². The van der Waals surface area contributed by atoms with Crippen LogP contribution >= 0.6 is 11.1 Å². The summed E-state index contributed by atoms with van der Waals surface area (Å²) in [6.45, 7) is 17.5. The molecule has 8 aromatic carbocycles. The number of ether oxygens (including phenoxy) is 8. The Kier molecular flexibility index (Phi) is 27.6. The molecular weight excluding hydrogens is 1690 g/mol. The Morgan fingerprint density at radius 2 is 0.690 bits per heavy atom. The number of carbonyl (C=O) groups excluding carboxylic acids is 8. The summed E-state index contributed by atoms with van der Waals surface area (Å²) in [6, 6.07) is 83.3. The topological polar surface area (TPSA) is 321 Å². The SMILES string of the molecule is CC(=O)O[C@H]1C(=O)[C@@]2(C)C([C@H](OC(=O)c3ccccc3)[C@]3(O)C[C@H](O)C(C)=C1C3(C)C)[C@]1(OC(C)=O)CO[C@@H]1C[C@@H]2O.CC(=O)O[C@H]1C(=O)[C@@]2(C)C([C@H](OC(=O)c3ccccc3)[C@]3(O)C[C@H](O)C(C)=C1C3(C)C)[C@]1(OC(C)=O)CO[C@@H]1C[C@@H]2O[Si](Cc1ccccc1)(Cc1ccccc1)Cc1ccccc1.Cl[Si](Cc1ccccc1)(Cc1ccccc1)Cc1ccccc1. The van der Waals surface area contributed by atoms with Crippen molar-refractivity contribution in [2.75, 3.05) is 13.2 Å². The summed E-state index contributed by atoms with van der Waals surface area (Å²) in [4.78, 5) is 111. The summed E-state index contributed by atoms with van der Waals surface area (Å²) in [6.07, 6.45) is -14.0. The third kappa shape index (κ3) is 18.2. The van der Waals surface area contributed by atoms with Gasteiger partial charge in [-0.3, -0.25) is 28.8 Å². The van der Waals surface area contributed by atoms with E-state index in [4.69, 9.17) is 53.4 Å². The largest absolute Gasteiger partial charge is 0.455 e. The summed E-state index contributed by atoms with van der Waals surface area (Å²) in [5.74, 6) is -8.56. The summed E-state index contributed by atoms with van der Waals surface area (Å²) in [7, 11) is -5.28. The van der Waals surface area contributed by atoms with Gasteiger partial charge in [-0.25, -0.2) is 9.59 Å². The molecule has 0 spiro atoms. The first-order chi connectivity index (χ1) is 61.2. The molecule has 22 nitrogen and oxygen atoms in total. The van der Waals surface area contributed by atoms with Crippen molar-refractivity contribution >= 4 is 74.2 Å². The van der Waals surface area contributed by atoms with Crippen LogP contribution in [0.2, 0.25) is 0 Å². The molecule has 2 saturated heterocycles. The van der Waals surface area contributed by atoms with Crippen LogP contribution in [0, 0.1) is 33.5 Å². The van der Waals surface area contributed by atoms with E-state index < -0.39 is 180 Å². The molecule has 0 radical (unpaired) electrons. The van der Waals surface area contributed by atoms with E-state index in [0.717, 1.165) is 41.7 Å². The Labute approximate surface area is 760 Å². The molecule has 2 aliphatic heterocycles. The summed E-state index contributed by atoms with van der Waals surface area (Å²) < 4.78 is 57.0. The van der Waals surface area contributed by atoms with E-state index in [0.29, 0.717) is 29.3 Å². The van der Waals surface area contributed by atoms with Crippen molar-refractivity contribution in [1.29, 1.82) is 0 Å². The van der Waals surface area contributed by atoms with Crippen molar-refractivity contribution in [2.24, 2.45) is 33.5 Å². The van der Waals surface area contributed by atoms with Crippen molar-refractivity contribution in [2.45, 2.75) is 228 Å². The van der Waals surface area contributed by atoms with Gasteiger partial charge in [0.1, 0.15) is 35.6 Å². The molecule has 0 aromatic heterocycles. The molecule has 129 heavy (non-hydrogen) atoms. The zero-order valence-electron chi connectivity index (χ0n) is 75.1. The fraction of sp³-hybridized carbons (Fsp3) is 0.423. The van der Waals surface area contributed by atoms with E-state index in [1.54, 1.807) is 97.0 Å². The second kappa shape index (κ2) is 37.6. The molecule has 4 saturated carbocycles. The number of fused-ring (bicyclic) bond motifs is 10. The molecule has 2 heterocycles. The van der Waals surface area contributed by atoms with E-state index in [-0.39, 0.29) is 61.2 Å². The first-order valence-corrected chi connectivity index (χ1v) is 50.4. The summed E-state index contributed by atoms with van der Waals surface area (Å²) >= 11 is 7.28. The van der Waals surface area contributed by atoms with Crippen LogP contribution in [0.15, 0.2) is 265 Å². The second-order valence-corrected chi connectivity index (χ2v) is 47.4. The fourth-order valence-electron chi connectivity index (χ4n) is 22.6. The quantitative estimate of drug-likeness (QED) is 0.0138. The average Bonchev–Trinajstić information content (AvgIpc) is 0.670. The van der Waals surface area contributed by atoms with Crippen LogP contribution in [0.25, 0.3) is 0 Å². The van der Waals surface area contributed by atoms with Gasteiger partial charge in [-0.1, -0.05) is 246 Å². The number of ketones is 2. The highest BCUT2D eigenvalue weighted by molar-refractivity contribution is 7.19. The van der Waals surface area contributed by atoms with Crippen molar-refractivity contribution in [3.05, 3.63) is 309 Å². The first kappa shape index (κ1) is 94.9. The molecule has 4 bridgehead atoms. The number of hydrogen-bond acceptors (Lipinski definition) is 22. The van der Waals surface area contributed by atoms with Crippen LogP contribution in [-0.4, -0.2) is 185 Å². The number of Topliss-reactive ketones (excluding diaryl/α,β-unsaturated/α-hetero) is 2. The second-order valence-electron chi connectivity index (χ2n) is 37.9. The molecule has 680 valence electrons. The minimum absolute atomic E-state index is 0.0771. The number of rotatable bonds is 22. The van der Waals surface area contributed by atoms with Gasteiger partial charge in [-0.2, -0.15) is 11.1 Å². The third-order valence-electron chi connectivity index (χ3n) is 29.0. The smallest absolute Gasteiger partial charge is 0.338 e. The van der Waals surface area contributed by atoms with Gasteiger partial charge in [0, 0.05) is 64.2 Å². The number of benzene rings is 8. The zero-order valence-corrected chi connectivity index (χ0v) is 77.8. The van der Waals surface area contributed by atoms with Crippen LogP contribution < -0.4 is 0 Å². The van der Waals surface area contributed by atoms with Crippen LogP contribution in [-0.2, 0) is 107 Å². The monoisotopic (exact) mass is 1810 g/mol. The Balaban J connectivity index is 0.000000176. The lowest BCUT2D eigenvalue weighted by Gasteiger charge is -2.68.